The van der Waals surface area contributed by atoms with Gasteiger partial charge in [0.05, 0.1) is 7.11 Å². The quantitative estimate of drug-likeness (QED) is 0.555. The zero-order chi connectivity index (χ0) is 22.6. The first-order chi connectivity index (χ1) is 14.7. The van der Waals surface area contributed by atoms with Crippen molar-refractivity contribution in [2.24, 2.45) is 0 Å². The summed E-state index contributed by atoms with van der Waals surface area (Å²) < 4.78 is 33.0. The molecule has 3 aromatic rings. The first-order valence-electron chi connectivity index (χ1n) is 9.48. The van der Waals surface area contributed by atoms with E-state index in [-0.39, 0.29) is 22.8 Å². The molecule has 0 atom stereocenters. The van der Waals surface area contributed by atoms with E-state index in [0.29, 0.717) is 10.7 Å². The Bertz CT molecular complexity index is 1200. The van der Waals surface area contributed by atoms with Crippen LogP contribution in [0.25, 0.3) is 0 Å². The third-order valence-corrected chi connectivity index (χ3v) is 6.87. The number of sulfonamides is 1. The van der Waals surface area contributed by atoms with Gasteiger partial charge >= 0.3 is 0 Å². The van der Waals surface area contributed by atoms with Gasteiger partial charge in [0.1, 0.15) is 10.6 Å². The van der Waals surface area contributed by atoms with Crippen LogP contribution in [0.5, 0.6) is 5.75 Å². The average molecular weight is 459 g/mol. The van der Waals surface area contributed by atoms with Gasteiger partial charge in [0, 0.05) is 29.9 Å². The number of methoxy groups -OCH3 is 1. The van der Waals surface area contributed by atoms with Crippen LogP contribution in [0, 0.1) is 6.92 Å². The van der Waals surface area contributed by atoms with E-state index >= 15 is 0 Å². The standard InChI is InChI=1S/C23H23ClN2O4S/c1-16-9-11-19(24)14-20(16)25-23(27)18-10-12-21(30-3)22(13-18)31(28,29)26(2)15-17-7-5-4-6-8-17/h4-14H,15H2,1-3H3,(H,25,27). The Balaban J connectivity index is 1.92. The van der Waals surface area contributed by atoms with Crippen LogP contribution in [-0.2, 0) is 16.6 Å². The van der Waals surface area contributed by atoms with E-state index in [9.17, 15) is 13.2 Å². The van der Waals surface area contributed by atoms with E-state index in [1.807, 2.05) is 37.3 Å². The molecule has 0 aliphatic carbocycles. The van der Waals surface area contributed by atoms with Gasteiger partial charge in [-0.1, -0.05) is 48.0 Å². The molecule has 0 aliphatic heterocycles. The Morgan fingerprint density at radius 1 is 1.06 bits per heavy atom. The maximum atomic E-state index is 13.2. The van der Waals surface area contributed by atoms with Crippen LogP contribution in [0.1, 0.15) is 21.5 Å². The number of halogens is 1. The number of aryl methyl sites for hydroxylation is 1. The molecule has 1 N–H and O–H groups in total. The molecular weight excluding hydrogens is 436 g/mol. The monoisotopic (exact) mass is 458 g/mol. The first-order valence-corrected chi connectivity index (χ1v) is 11.3. The number of ether oxygens (including phenoxy) is 1. The van der Waals surface area contributed by atoms with Crippen LogP contribution in [0.15, 0.2) is 71.6 Å². The maximum absolute atomic E-state index is 13.2. The second kappa shape index (κ2) is 9.51. The van der Waals surface area contributed by atoms with Crippen molar-refractivity contribution in [3.05, 3.63) is 88.4 Å². The molecule has 0 heterocycles. The Morgan fingerprint density at radius 2 is 1.77 bits per heavy atom. The predicted octanol–water partition coefficient (Wildman–Crippen LogP) is 4.73. The van der Waals surface area contributed by atoms with Crippen LogP contribution < -0.4 is 10.1 Å². The van der Waals surface area contributed by atoms with Crippen LogP contribution in [0.2, 0.25) is 5.02 Å². The molecule has 0 unspecified atom stereocenters. The second-order valence-electron chi connectivity index (χ2n) is 7.03. The van der Waals surface area contributed by atoms with E-state index in [1.165, 1.54) is 36.7 Å². The summed E-state index contributed by atoms with van der Waals surface area (Å²) in [5.74, 6) is -0.287. The van der Waals surface area contributed by atoms with Crippen molar-refractivity contribution in [2.75, 3.05) is 19.5 Å². The molecular formula is C23H23ClN2O4S. The van der Waals surface area contributed by atoms with Gasteiger partial charge in [0.15, 0.2) is 0 Å². The Morgan fingerprint density at radius 3 is 2.45 bits per heavy atom. The number of hydrogen-bond donors (Lipinski definition) is 1. The predicted molar refractivity (Wildman–Crippen MR) is 122 cm³/mol. The molecule has 0 aromatic heterocycles. The third kappa shape index (κ3) is 5.25. The lowest BCUT2D eigenvalue weighted by Gasteiger charge is -2.19. The SMILES string of the molecule is COc1ccc(C(=O)Nc2cc(Cl)ccc2C)cc1S(=O)(=O)N(C)Cc1ccccc1. The summed E-state index contributed by atoms with van der Waals surface area (Å²) >= 11 is 6.02. The van der Waals surface area contributed by atoms with Crippen molar-refractivity contribution < 1.29 is 17.9 Å². The molecule has 0 bridgehead atoms. The van der Waals surface area contributed by atoms with Crippen molar-refractivity contribution in [3.8, 4) is 5.75 Å². The Hall–Kier alpha value is -2.87. The normalized spacial score (nSPS) is 11.4. The second-order valence-corrected chi connectivity index (χ2v) is 9.48. The van der Waals surface area contributed by atoms with Crippen molar-refractivity contribution >= 4 is 33.2 Å². The Kier molecular flexibility index (Phi) is 7.00. The number of anilines is 1. The van der Waals surface area contributed by atoms with E-state index in [1.54, 1.807) is 18.2 Å². The van der Waals surface area contributed by atoms with Crippen LogP contribution in [-0.4, -0.2) is 32.8 Å². The minimum atomic E-state index is -3.92. The summed E-state index contributed by atoms with van der Waals surface area (Å²) in [6.07, 6.45) is 0. The number of carbonyl (C=O) groups is 1. The molecule has 0 spiro atoms. The lowest BCUT2D eigenvalue weighted by Crippen LogP contribution is -2.27. The Labute approximate surface area is 187 Å². The molecule has 31 heavy (non-hydrogen) atoms. The zero-order valence-electron chi connectivity index (χ0n) is 17.4. The summed E-state index contributed by atoms with van der Waals surface area (Å²) in [6, 6.07) is 18.7. The fourth-order valence-corrected chi connectivity index (χ4v) is 4.54. The highest BCUT2D eigenvalue weighted by molar-refractivity contribution is 7.89. The molecule has 0 radical (unpaired) electrons. The molecule has 3 rings (SSSR count). The third-order valence-electron chi connectivity index (χ3n) is 4.81. The molecule has 3 aromatic carbocycles. The van der Waals surface area contributed by atoms with Crippen molar-refractivity contribution in [1.29, 1.82) is 0 Å². The molecule has 1 amide bonds. The van der Waals surface area contributed by atoms with E-state index in [4.69, 9.17) is 16.3 Å². The highest BCUT2D eigenvalue weighted by Crippen LogP contribution is 2.29. The van der Waals surface area contributed by atoms with Gasteiger partial charge in [0.2, 0.25) is 10.0 Å². The number of nitrogens with zero attached hydrogens (tertiary/aromatic N) is 1. The molecule has 0 aliphatic rings. The largest absolute Gasteiger partial charge is 0.495 e. The molecule has 0 fully saturated rings. The van der Waals surface area contributed by atoms with Gasteiger partial charge in [-0.3, -0.25) is 4.79 Å². The number of hydrogen-bond acceptors (Lipinski definition) is 4. The van der Waals surface area contributed by atoms with Gasteiger partial charge < -0.3 is 10.1 Å². The summed E-state index contributed by atoms with van der Waals surface area (Å²) in [4.78, 5) is 12.7. The molecule has 8 heteroatoms. The van der Waals surface area contributed by atoms with E-state index < -0.39 is 15.9 Å². The molecule has 0 saturated carbocycles. The smallest absolute Gasteiger partial charge is 0.255 e. The summed E-state index contributed by atoms with van der Waals surface area (Å²) in [7, 11) is -1.04. The lowest BCUT2D eigenvalue weighted by molar-refractivity contribution is 0.102. The average Bonchev–Trinajstić information content (AvgIpc) is 2.76. The maximum Gasteiger partial charge on any atom is 0.255 e. The minimum Gasteiger partial charge on any atom is -0.495 e. The highest BCUT2D eigenvalue weighted by Gasteiger charge is 2.26. The van der Waals surface area contributed by atoms with Crippen LogP contribution >= 0.6 is 11.6 Å². The number of nitrogens with one attached hydrogen (secondary N) is 1. The van der Waals surface area contributed by atoms with Crippen molar-refractivity contribution in [3.63, 3.8) is 0 Å². The van der Waals surface area contributed by atoms with E-state index in [2.05, 4.69) is 5.32 Å². The van der Waals surface area contributed by atoms with Gasteiger partial charge in [0.25, 0.3) is 5.91 Å². The fourth-order valence-electron chi connectivity index (χ4n) is 3.04. The van der Waals surface area contributed by atoms with Crippen LogP contribution in [0.3, 0.4) is 0 Å². The zero-order valence-corrected chi connectivity index (χ0v) is 19.0. The molecule has 162 valence electrons. The minimum absolute atomic E-state index is 0.0797. The fraction of sp³-hybridized carbons (Fsp3) is 0.174. The van der Waals surface area contributed by atoms with E-state index in [0.717, 1.165) is 11.1 Å². The lowest BCUT2D eigenvalue weighted by atomic mass is 10.1. The number of benzene rings is 3. The number of rotatable bonds is 7. The number of carbonyl (C=O) groups excluding carboxylic acids is 1. The van der Waals surface area contributed by atoms with Crippen molar-refractivity contribution in [1.82, 2.24) is 4.31 Å². The van der Waals surface area contributed by atoms with Gasteiger partial charge in [-0.15, -0.1) is 0 Å². The van der Waals surface area contributed by atoms with Crippen molar-refractivity contribution in [2.45, 2.75) is 18.4 Å². The topological polar surface area (TPSA) is 75.7 Å². The van der Waals surface area contributed by atoms with Gasteiger partial charge in [-0.2, -0.15) is 4.31 Å². The van der Waals surface area contributed by atoms with Crippen LogP contribution in [0.4, 0.5) is 5.69 Å². The highest BCUT2D eigenvalue weighted by atomic mass is 35.5. The first kappa shape index (κ1) is 22.8. The number of amides is 1. The molecule has 0 saturated heterocycles. The summed E-state index contributed by atoms with van der Waals surface area (Å²) in [6.45, 7) is 2.03. The van der Waals surface area contributed by atoms with Gasteiger partial charge in [-0.05, 0) is 48.4 Å². The molecule has 6 nitrogen and oxygen atoms in total. The summed E-state index contributed by atoms with van der Waals surface area (Å²) in [5.41, 5.74) is 2.42. The van der Waals surface area contributed by atoms with Gasteiger partial charge in [-0.25, -0.2) is 8.42 Å². The summed E-state index contributed by atoms with van der Waals surface area (Å²) in [5, 5.41) is 3.27.